The molecule has 1 aromatic heterocycles. The van der Waals surface area contributed by atoms with Gasteiger partial charge in [-0.2, -0.15) is 5.26 Å². The summed E-state index contributed by atoms with van der Waals surface area (Å²) in [5.74, 6) is 0. The van der Waals surface area contributed by atoms with Crippen molar-refractivity contribution < 1.29 is 4.74 Å². The molecule has 0 spiro atoms. The van der Waals surface area contributed by atoms with Crippen LogP contribution in [0.15, 0.2) is 0 Å². The maximum absolute atomic E-state index is 8.66. The molecule has 1 aromatic rings. The molecule has 5 heteroatoms. The van der Waals surface area contributed by atoms with E-state index in [9.17, 15) is 0 Å². The average molecular weight is 223 g/mol. The Morgan fingerprint density at radius 1 is 1.53 bits per heavy atom. The number of hydrogen-bond donors (Lipinski definition) is 0. The van der Waals surface area contributed by atoms with Crippen molar-refractivity contribution >= 4 is 16.5 Å². The number of ether oxygens (including phenoxy) is 1. The van der Waals surface area contributed by atoms with Crippen LogP contribution in [0.5, 0.6) is 0 Å². The summed E-state index contributed by atoms with van der Waals surface area (Å²) in [6, 6.07) is 2.17. The Bertz CT molecular complexity index is 377. The van der Waals surface area contributed by atoms with E-state index in [-0.39, 0.29) is 0 Å². The third kappa shape index (κ3) is 2.28. The molecule has 1 fully saturated rings. The molecule has 2 rings (SSSR count). The van der Waals surface area contributed by atoms with Gasteiger partial charge >= 0.3 is 0 Å². The van der Waals surface area contributed by atoms with Crippen molar-refractivity contribution in [1.29, 1.82) is 5.26 Å². The molecular formula is C10H13N3OS. The SMILES string of the molecule is Cc1nc(N2CCOCC2)sc1CC#N. The van der Waals surface area contributed by atoms with Crippen LogP contribution in [-0.4, -0.2) is 31.3 Å². The van der Waals surface area contributed by atoms with E-state index in [0.717, 1.165) is 42.0 Å². The molecule has 0 unspecified atom stereocenters. The van der Waals surface area contributed by atoms with Crippen molar-refractivity contribution in [3.8, 4) is 6.07 Å². The number of thiazole rings is 1. The third-order valence-corrected chi connectivity index (χ3v) is 3.62. The first-order valence-corrected chi connectivity index (χ1v) is 5.79. The van der Waals surface area contributed by atoms with Crippen molar-refractivity contribution in [3.05, 3.63) is 10.6 Å². The quantitative estimate of drug-likeness (QED) is 0.759. The lowest BCUT2D eigenvalue weighted by Crippen LogP contribution is -2.36. The van der Waals surface area contributed by atoms with Crippen LogP contribution in [0.3, 0.4) is 0 Å². The van der Waals surface area contributed by atoms with Crippen LogP contribution in [0, 0.1) is 18.3 Å². The molecule has 0 aromatic carbocycles. The van der Waals surface area contributed by atoms with Gasteiger partial charge < -0.3 is 9.64 Å². The molecule has 1 aliphatic rings. The summed E-state index contributed by atoms with van der Waals surface area (Å²) in [6.45, 7) is 5.31. The lowest BCUT2D eigenvalue weighted by molar-refractivity contribution is 0.122. The number of aryl methyl sites for hydroxylation is 1. The number of anilines is 1. The number of hydrogen-bond acceptors (Lipinski definition) is 5. The molecular weight excluding hydrogens is 210 g/mol. The average Bonchev–Trinajstić information content (AvgIpc) is 2.63. The summed E-state index contributed by atoms with van der Waals surface area (Å²) in [7, 11) is 0. The maximum atomic E-state index is 8.66. The molecule has 0 saturated carbocycles. The summed E-state index contributed by atoms with van der Waals surface area (Å²) in [5, 5.41) is 9.69. The van der Waals surface area contributed by atoms with E-state index in [1.807, 2.05) is 6.92 Å². The Kier molecular flexibility index (Phi) is 3.19. The van der Waals surface area contributed by atoms with Gasteiger partial charge in [0.2, 0.25) is 0 Å². The van der Waals surface area contributed by atoms with Crippen molar-refractivity contribution in [2.45, 2.75) is 13.3 Å². The van der Waals surface area contributed by atoms with Gasteiger partial charge in [-0.15, -0.1) is 11.3 Å². The van der Waals surface area contributed by atoms with Crippen LogP contribution in [0.4, 0.5) is 5.13 Å². The van der Waals surface area contributed by atoms with E-state index in [0.29, 0.717) is 6.42 Å². The highest BCUT2D eigenvalue weighted by atomic mass is 32.1. The molecule has 0 amide bonds. The van der Waals surface area contributed by atoms with Gasteiger partial charge in [-0.3, -0.25) is 0 Å². The molecule has 0 atom stereocenters. The minimum absolute atomic E-state index is 0.466. The van der Waals surface area contributed by atoms with Gasteiger partial charge in [-0.05, 0) is 6.92 Å². The highest BCUT2D eigenvalue weighted by Crippen LogP contribution is 2.26. The first kappa shape index (κ1) is 10.4. The van der Waals surface area contributed by atoms with E-state index in [2.05, 4.69) is 16.0 Å². The van der Waals surface area contributed by atoms with Gasteiger partial charge in [0.05, 0.1) is 31.4 Å². The van der Waals surface area contributed by atoms with E-state index in [1.54, 1.807) is 11.3 Å². The Labute approximate surface area is 93.1 Å². The summed E-state index contributed by atoms with van der Waals surface area (Å²) < 4.78 is 5.29. The Hall–Kier alpha value is -1.12. The molecule has 4 nitrogen and oxygen atoms in total. The fourth-order valence-electron chi connectivity index (χ4n) is 1.54. The second kappa shape index (κ2) is 4.60. The fourth-order valence-corrected chi connectivity index (χ4v) is 2.58. The van der Waals surface area contributed by atoms with E-state index >= 15 is 0 Å². The predicted octanol–water partition coefficient (Wildman–Crippen LogP) is 1.35. The number of nitrogens with zero attached hydrogens (tertiary/aromatic N) is 3. The molecule has 80 valence electrons. The second-order valence-electron chi connectivity index (χ2n) is 3.44. The molecule has 2 heterocycles. The van der Waals surface area contributed by atoms with Gasteiger partial charge in [-0.25, -0.2) is 4.98 Å². The summed E-state index contributed by atoms with van der Waals surface area (Å²) in [4.78, 5) is 7.80. The van der Waals surface area contributed by atoms with Gasteiger partial charge in [-0.1, -0.05) is 0 Å². The first-order valence-electron chi connectivity index (χ1n) is 4.97. The van der Waals surface area contributed by atoms with E-state index in [1.165, 1.54) is 0 Å². The first-order chi connectivity index (χ1) is 7.31. The molecule has 0 radical (unpaired) electrons. The highest BCUT2D eigenvalue weighted by Gasteiger charge is 2.16. The molecule has 1 aliphatic heterocycles. The number of nitriles is 1. The molecule has 1 saturated heterocycles. The lowest BCUT2D eigenvalue weighted by atomic mass is 10.3. The van der Waals surface area contributed by atoms with Crippen LogP contribution >= 0.6 is 11.3 Å². The van der Waals surface area contributed by atoms with Crippen molar-refractivity contribution in [2.75, 3.05) is 31.2 Å². The predicted molar refractivity (Wildman–Crippen MR) is 59.2 cm³/mol. The van der Waals surface area contributed by atoms with E-state index < -0.39 is 0 Å². The number of aromatic nitrogens is 1. The largest absolute Gasteiger partial charge is 0.378 e. The third-order valence-electron chi connectivity index (χ3n) is 2.40. The zero-order valence-corrected chi connectivity index (χ0v) is 9.51. The fraction of sp³-hybridized carbons (Fsp3) is 0.600. The Morgan fingerprint density at radius 2 is 2.27 bits per heavy atom. The topological polar surface area (TPSA) is 49.2 Å². The summed E-state index contributed by atoms with van der Waals surface area (Å²) in [6.07, 6.45) is 0.466. The molecule has 15 heavy (non-hydrogen) atoms. The van der Waals surface area contributed by atoms with Crippen molar-refractivity contribution in [2.24, 2.45) is 0 Å². The standard InChI is InChI=1S/C10H13N3OS/c1-8-9(2-3-11)15-10(12-8)13-4-6-14-7-5-13/h2,4-7H2,1H3. The minimum atomic E-state index is 0.466. The van der Waals surface area contributed by atoms with Crippen LogP contribution in [0.1, 0.15) is 10.6 Å². The van der Waals surface area contributed by atoms with Gasteiger partial charge in [0.15, 0.2) is 5.13 Å². The Balaban J connectivity index is 2.14. The van der Waals surface area contributed by atoms with Crippen LogP contribution in [-0.2, 0) is 11.2 Å². The van der Waals surface area contributed by atoms with Crippen molar-refractivity contribution in [1.82, 2.24) is 4.98 Å². The zero-order chi connectivity index (χ0) is 10.7. The normalized spacial score (nSPS) is 16.4. The monoisotopic (exact) mass is 223 g/mol. The smallest absolute Gasteiger partial charge is 0.185 e. The molecule has 0 bridgehead atoms. The van der Waals surface area contributed by atoms with Crippen LogP contribution < -0.4 is 4.90 Å². The summed E-state index contributed by atoms with van der Waals surface area (Å²) >= 11 is 1.63. The second-order valence-corrected chi connectivity index (χ2v) is 4.50. The zero-order valence-electron chi connectivity index (χ0n) is 8.69. The van der Waals surface area contributed by atoms with Gasteiger partial charge in [0.1, 0.15) is 0 Å². The van der Waals surface area contributed by atoms with Gasteiger partial charge in [0, 0.05) is 18.0 Å². The molecule has 0 aliphatic carbocycles. The van der Waals surface area contributed by atoms with E-state index in [4.69, 9.17) is 10.00 Å². The maximum Gasteiger partial charge on any atom is 0.185 e. The van der Waals surface area contributed by atoms with Gasteiger partial charge in [0.25, 0.3) is 0 Å². The summed E-state index contributed by atoms with van der Waals surface area (Å²) in [5.41, 5.74) is 0.989. The number of rotatable bonds is 2. The number of morpholine rings is 1. The highest BCUT2D eigenvalue weighted by molar-refractivity contribution is 7.15. The van der Waals surface area contributed by atoms with Crippen LogP contribution in [0.25, 0.3) is 0 Å². The minimum Gasteiger partial charge on any atom is -0.378 e. The van der Waals surface area contributed by atoms with Crippen LogP contribution in [0.2, 0.25) is 0 Å². The molecule has 0 N–H and O–H groups in total. The van der Waals surface area contributed by atoms with Crippen molar-refractivity contribution in [3.63, 3.8) is 0 Å². The Morgan fingerprint density at radius 3 is 2.93 bits per heavy atom. The lowest BCUT2D eigenvalue weighted by Gasteiger charge is -2.26.